The van der Waals surface area contributed by atoms with E-state index in [0.717, 1.165) is 32.1 Å². The third kappa shape index (κ3) is 3.32. The van der Waals surface area contributed by atoms with Gasteiger partial charge in [0.25, 0.3) is 0 Å². The summed E-state index contributed by atoms with van der Waals surface area (Å²) >= 11 is 0. The quantitative estimate of drug-likeness (QED) is 0.808. The molecule has 1 saturated carbocycles. The lowest BCUT2D eigenvalue weighted by Crippen LogP contribution is -2.70. The Balaban J connectivity index is 2.38. The van der Waals surface area contributed by atoms with Crippen molar-refractivity contribution >= 4 is 0 Å². The summed E-state index contributed by atoms with van der Waals surface area (Å²) in [5, 5.41) is 22.1. The third-order valence-corrected chi connectivity index (χ3v) is 5.17. The molecule has 1 aliphatic heterocycles. The highest BCUT2D eigenvalue weighted by atomic mass is 16.7. The molecule has 2 aliphatic rings. The van der Waals surface area contributed by atoms with Gasteiger partial charge in [0.15, 0.2) is 6.29 Å². The van der Waals surface area contributed by atoms with Gasteiger partial charge in [-0.3, -0.25) is 0 Å². The number of ether oxygens (including phenoxy) is 4. The Morgan fingerprint density at radius 3 is 2.32 bits per heavy atom. The van der Waals surface area contributed by atoms with Crippen LogP contribution < -0.4 is 0 Å². The zero-order chi connectivity index (χ0) is 16.2. The smallest absolute Gasteiger partial charge is 0.186 e. The summed E-state index contributed by atoms with van der Waals surface area (Å²) in [5.41, 5.74) is -1.44. The van der Waals surface area contributed by atoms with Crippen LogP contribution in [-0.4, -0.2) is 68.4 Å². The van der Waals surface area contributed by atoms with Crippen LogP contribution in [-0.2, 0) is 18.9 Å². The van der Waals surface area contributed by atoms with E-state index >= 15 is 0 Å². The van der Waals surface area contributed by atoms with Gasteiger partial charge < -0.3 is 29.2 Å². The average molecular weight is 318 g/mol. The van der Waals surface area contributed by atoms with Gasteiger partial charge in [0.1, 0.15) is 11.7 Å². The number of rotatable bonds is 4. The largest absolute Gasteiger partial charge is 0.385 e. The molecule has 0 aromatic rings. The molecule has 1 saturated heterocycles. The van der Waals surface area contributed by atoms with Crippen molar-refractivity contribution in [2.24, 2.45) is 5.92 Å². The SMILES string of the molecule is COC[C@H]1[C@H]2CCCCCC[C@@H](OC)[C@@]1(O)[C@@H](O)[C@@H](OC)O2. The van der Waals surface area contributed by atoms with Gasteiger partial charge >= 0.3 is 0 Å². The lowest BCUT2D eigenvalue weighted by atomic mass is 9.70. The van der Waals surface area contributed by atoms with Crippen LogP contribution in [0.1, 0.15) is 38.5 Å². The second kappa shape index (κ2) is 8.04. The Labute approximate surface area is 132 Å². The van der Waals surface area contributed by atoms with Crippen molar-refractivity contribution in [1.29, 1.82) is 0 Å². The standard InChI is InChI=1S/C16H30O6/c1-19-10-11-12-8-6-4-5-7-9-13(20-2)16(11,18)14(17)15(21-3)22-12/h11-15,17-18H,4-10H2,1-3H3/t11-,12+,13+,14-,15-,16+/m0/s1. The predicted octanol–water partition coefficient (Wildman–Crippen LogP) is 1.08. The zero-order valence-electron chi connectivity index (χ0n) is 13.9. The molecule has 2 rings (SSSR count). The summed E-state index contributed by atoms with van der Waals surface area (Å²) in [4.78, 5) is 0. The van der Waals surface area contributed by atoms with Crippen molar-refractivity contribution < 1.29 is 29.2 Å². The van der Waals surface area contributed by atoms with E-state index in [2.05, 4.69) is 0 Å². The van der Waals surface area contributed by atoms with Crippen LogP contribution in [0.4, 0.5) is 0 Å². The predicted molar refractivity (Wildman–Crippen MR) is 80.5 cm³/mol. The first-order valence-electron chi connectivity index (χ1n) is 8.20. The van der Waals surface area contributed by atoms with Crippen LogP contribution in [0.2, 0.25) is 0 Å². The maximum Gasteiger partial charge on any atom is 0.186 e. The molecule has 130 valence electrons. The van der Waals surface area contributed by atoms with Crippen LogP contribution in [0.5, 0.6) is 0 Å². The van der Waals surface area contributed by atoms with E-state index in [0.29, 0.717) is 13.0 Å². The topological polar surface area (TPSA) is 77.4 Å². The fraction of sp³-hybridized carbons (Fsp3) is 1.00. The third-order valence-electron chi connectivity index (χ3n) is 5.17. The number of hydrogen-bond donors (Lipinski definition) is 2. The van der Waals surface area contributed by atoms with E-state index in [4.69, 9.17) is 18.9 Å². The molecule has 0 aromatic heterocycles. The molecular weight excluding hydrogens is 288 g/mol. The minimum Gasteiger partial charge on any atom is -0.385 e. The minimum atomic E-state index is -1.44. The summed E-state index contributed by atoms with van der Waals surface area (Å²) in [7, 11) is 4.66. The number of methoxy groups -OCH3 is 3. The van der Waals surface area contributed by atoms with Crippen molar-refractivity contribution in [3.63, 3.8) is 0 Å². The van der Waals surface area contributed by atoms with Crippen LogP contribution in [0.15, 0.2) is 0 Å². The molecule has 1 heterocycles. The Bertz CT molecular complexity index is 339. The summed E-state index contributed by atoms with van der Waals surface area (Å²) in [6, 6.07) is 0. The van der Waals surface area contributed by atoms with Gasteiger partial charge in [0.2, 0.25) is 0 Å². The molecule has 1 aliphatic carbocycles. The molecule has 0 radical (unpaired) electrons. The average Bonchev–Trinajstić information content (AvgIpc) is 2.52. The van der Waals surface area contributed by atoms with Gasteiger partial charge in [-0.05, 0) is 12.8 Å². The fourth-order valence-corrected chi connectivity index (χ4v) is 3.95. The summed E-state index contributed by atoms with van der Waals surface area (Å²) in [6.07, 6.45) is 3.06. The fourth-order valence-electron chi connectivity index (χ4n) is 3.95. The van der Waals surface area contributed by atoms with E-state index < -0.39 is 24.1 Å². The monoisotopic (exact) mass is 318 g/mol. The molecule has 0 spiro atoms. The molecule has 22 heavy (non-hydrogen) atoms. The first-order chi connectivity index (χ1) is 10.6. The molecule has 0 amide bonds. The second-order valence-electron chi connectivity index (χ2n) is 6.39. The Kier molecular flexibility index (Phi) is 6.61. The highest BCUT2D eigenvalue weighted by Gasteiger charge is 2.59. The lowest BCUT2D eigenvalue weighted by Gasteiger charge is -2.53. The maximum absolute atomic E-state index is 11.4. The Morgan fingerprint density at radius 1 is 1.05 bits per heavy atom. The van der Waals surface area contributed by atoms with Crippen molar-refractivity contribution in [2.45, 2.75) is 68.7 Å². The van der Waals surface area contributed by atoms with Crippen LogP contribution in [0.3, 0.4) is 0 Å². The normalized spacial score (nSPS) is 43.8. The molecule has 0 unspecified atom stereocenters. The Morgan fingerprint density at radius 2 is 1.73 bits per heavy atom. The van der Waals surface area contributed by atoms with Crippen molar-refractivity contribution in [2.75, 3.05) is 27.9 Å². The van der Waals surface area contributed by atoms with E-state index in [9.17, 15) is 10.2 Å². The number of aliphatic hydroxyl groups excluding tert-OH is 1. The van der Waals surface area contributed by atoms with Gasteiger partial charge in [0, 0.05) is 27.2 Å². The van der Waals surface area contributed by atoms with E-state index in [1.165, 1.54) is 7.11 Å². The lowest BCUT2D eigenvalue weighted by molar-refractivity contribution is -0.337. The van der Waals surface area contributed by atoms with Crippen LogP contribution in [0.25, 0.3) is 0 Å². The van der Waals surface area contributed by atoms with Gasteiger partial charge in [-0.15, -0.1) is 0 Å². The highest BCUT2D eigenvalue weighted by molar-refractivity contribution is 5.06. The van der Waals surface area contributed by atoms with Gasteiger partial charge in [-0.2, -0.15) is 0 Å². The maximum atomic E-state index is 11.4. The first kappa shape index (κ1) is 18.1. The van der Waals surface area contributed by atoms with Gasteiger partial charge in [-0.1, -0.05) is 25.7 Å². The molecule has 0 aromatic carbocycles. The molecule has 6 atom stereocenters. The molecule has 2 bridgehead atoms. The zero-order valence-corrected chi connectivity index (χ0v) is 13.9. The van der Waals surface area contributed by atoms with Crippen LogP contribution >= 0.6 is 0 Å². The van der Waals surface area contributed by atoms with E-state index in [1.54, 1.807) is 14.2 Å². The highest BCUT2D eigenvalue weighted by Crippen LogP contribution is 2.42. The van der Waals surface area contributed by atoms with Crippen molar-refractivity contribution in [3.8, 4) is 0 Å². The van der Waals surface area contributed by atoms with E-state index in [-0.39, 0.29) is 12.0 Å². The summed E-state index contributed by atoms with van der Waals surface area (Å²) in [6.45, 7) is 0.314. The molecule has 6 nitrogen and oxygen atoms in total. The molecule has 2 fully saturated rings. The number of hydrogen-bond acceptors (Lipinski definition) is 6. The van der Waals surface area contributed by atoms with Crippen molar-refractivity contribution in [1.82, 2.24) is 0 Å². The second-order valence-corrected chi connectivity index (χ2v) is 6.39. The van der Waals surface area contributed by atoms with Gasteiger partial charge in [0.05, 0.1) is 18.8 Å². The summed E-state index contributed by atoms with van der Waals surface area (Å²) in [5.74, 6) is -0.345. The molecule has 6 heteroatoms. The summed E-state index contributed by atoms with van der Waals surface area (Å²) < 4.78 is 22.1. The number of fused-ring (bicyclic) bond motifs is 2. The Hall–Kier alpha value is -0.240. The van der Waals surface area contributed by atoms with Crippen LogP contribution in [0, 0.1) is 5.92 Å². The number of aliphatic hydroxyl groups is 2. The molecule has 2 N–H and O–H groups in total. The minimum absolute atomic E-state index is 0.214. The first-order valence-corrected chi connectivity index (χ1v) is 8.20. The van der Waals surface area contributed by atoms with Crippen molar-refractivity contribution in [3.05, 3.63) is 0 Å². The van der Waals surface area contributed by atoms with E-state index in [1.807, 2.05) is 0 Å². The van der Waals surface area contributed by atoms with Gasteiger partial charge in [-0.25, -0.2) is 0 Å². The molecular formula is C16H30O6.